The van der Waals surface area contributed by atoms with Crippen LogP contribution in [0.3, 0.4) is 0 Å². The normalized spacial score (nSPS) is 26.7. The van der Waals surface area contributed by atoms with Gasteiger partial charge in [0, 0.05) is 0 Å². The zero-order valence-electron chi connectivity index (χ0n) is 9.50. The highest BCUT2D eigenvalue weighted by Gasteiger charge is 2.59. The number of carbonyl (C=O) groups excluding carboxylic acids is 1. The van der Waals surface area contributed by atoms with Crippen LogP contribution in [-0.2, 0) is 19.9 Å². The minimum absolute atomic E-state index is 0.343. The molecule has 92 valence electrons. The molecule has 0 N–H and O–H groups in total. The van der Waals surface area contributed by atoms with E-state index in [1.165, 1.54) is 0 Å². The number of halogens is 2. The molecule has 1 fully saturated rings. The fourth-order valence-electron chi connectivity index (χ4n) is 1.73. The SMILES string of the molecule is CCOC(=O)C1OC1(C)c1ccc(Cl)c(Cl)c1. The zero-order chi connectivity index (χ0) is 12.6. The van der Waals surface area contributed by atoms with E-state index in [1.54, 1.807) is 25.1 Å². The van der Waals surface area contributed by atoms with E-state index in [4.69, 9.17) is 32.7 Å². The number of rotatable bonds is 3. The molecule has 2 atom stereocenters. The summed E-state index contributed by atoms with van der Waals surface area (Å²) in [6, 6.07) is 5.20. The Balaban J connectivity index is 2.19. The van der Waals surface area contributed by atoms with E-state index < -0.39 is 11.7 Å². The Morgan fingerprint density at radius 2 is 2.18 bits per heavy atom. The molecular weight excluding hydrogens is 263 g/mol. The van der Waals surface area contributed by atoms with Crippen LogP contribution in [0.5, 0.6) is 0 Å². The lowest BCUT2D eigenvalue weighted by Gasteiger charge is -2.08. The van der Waals surface area contributed by atoms with Gasteiger partial charge in [-0.15, -0.1) is 0 Å². The highest BCUT2D eigenvalue weighted by Crippen LogP contribution is 2.47. The Morgan fingerprint density at radius 3 is 2.76 bits per heavy atom. The highest BCUT2D eigenvalue weighted by molar-refractivity contribution is 6.42. The number of carbonyl (C=O) groups is 1. The molecule has 2 rings (SSSR count). The quantitative estimate of drug-likeness (QED) is 0.628. The molecule has 0 aromatic heterocycles. The summed E-state index contributed by atoms with van der Waals surface area (Å²) in [7, 11) is 0. The number of epoxide rings is 1. The van der Waals surface area contributed by atoms with Crippen molar-refractivity contribution < 1.29 is 14.3 Å². The third kappa shape index (κ3) is 2.28. The average molecular weight is 275 g/mol. The van der Waals surface area contributed by atoms with E-state index in [1.807, 2.05) is 6.92 Å². The molecule has 17 heavy (non-hydrogen) atoms. The van der Waals surface area contributed by atoms with Crippen molar-refractivity contribution in [2.45, 2.75) is 25.6 Å². The predicted molar refractivity (Wildman–Crippen MR) is 65.3 cm³/mol. The Morgan fingerprint density at radius 1 is 1.47 bits per heavy atom. The molecule has 1 aliphatic heterocycles. The summed E-state index contributed by atoms with van der Waals surface area (Å²) in [6.45, 7) is 3.93. The second kappa shape index (κ2) is 4.48. The third-order valence-corrected chi connectivity index (χ3v) is 3.54. The first-order chi connectivity index (χ1) is 7.99. The Bertz CT molecular complexity index is 461. The first kappa shape index (κ1) is 12.7. The van der Waals surface area contributed by atoms with Crippen molar-refractivity contribution in [2.75, 3.05) is 6.61 Å². The van der Waals surface area contributed by atoms with Gasteiger partial charge in [-0.25, -0.2) is 4.79 Å². The lowest BCUT2D eigenvalue weighted by atomic mass is 9.97. The first-order valence-corrected chi connectivity index (χ1v) is 6.04. The Labute approximate surface area is 110 Å². The van der Waals surface area contributed by atoms with Crippen LogP contribution in [0.25, 0.3) is 0 Å². The first-order valence-electron chi connectivity index (χ1n) is 5.29. The topological polar surface area (TPSA) is 38.8 Å². The summed E-state index contributed by atoms with van der Waals surface area (Å²) in [5, 5.41) is 0.927. The number of hydrogen-bond donors (Lipinski definition) is 0. The van der Waals surface area contributed by atoms with E-state index in [9.17, 15) is 4.79 Å². The number of esters is 1. The van der Waals surface area contributed by atoms with Crippen molar-refractivity contribution in [3.05, 3.63) is 33.8 Å². The molecule has 0 radical (unpaired) electrons. The molecule has 1 saturated heterocycles. The molecule has 0 bridgehead atoms. The predicted octanol–water partition coefficient (Wildman–Crippen LogP) is 3.17. The van der Waals surface area contributed by atoms with Gasteiger partial charge in [-0.05, 0) is 31.5 Å². The molecule has 1 aliphatic rings. The van der Waals surface area contributed by atoms with Gasteiger partial charge in [0.15, 0.2) is 6.10 Å². The monoisotopic (exact) mass is 274 g/mol. The van der Waals surface area contributed by atoms with Gasteiger partial charge in [-0.1, -0.05) is 29.3 Å². The molecule has 5 heteroatoms. The molecule has 2 unspecified atom stereocenters. The van der Waals surface area contributed by atoms with Gasteiger partial charge >= 0.3 is 5.97 Å². The van der Waals surface area contributed by atoms with E-state index in [-0.39, 0.29) is 5.97 Å². The van der Waals surface area contributed by atoms with Gasteiger partial charge < -0.3 is 9.47 Å². The van der Waals surface area contributed by atoms with Crippen molar-refractivity contribution in [2.24, 2.45) is 0 Å². The van der Waals surface area contributed by atoms with Crippen LogP contribution >= 0.6 is 23.2 Å². The largest absolute Gasteiger partial charge is 0.464 e. The van der Waals surface area contributed by atoms with Crippen molar-refractivity contribution >= 4 is 29.2 Å². The molecule has 1 aromatic rings. The van der Waals surface area contributed by atoms with Crippen molar-refractivity contribution in [1.82, 2.24) is 0 Å². The van der Waals surface area contributed by atoms with Gasteiger partial charge in [-0.2, -0.15) is 0 Å². The minimum Gasteiger partial charge on any atom is -0.464 e. The highest BCUT2D eigenvalue weighted by atomic mass is 35.5. The van der Waals surface area contributed by atoms with E-state index in [0.29, 0.717) is 16.7 Å². The van der Waals surface area contributed by atoms with Crippen molar-refractivity contribution in [3.8, 4) is 0 Å². The van der Waals surface area contributed by atoms with Gasteiger partial charge in [0.2, 0.25) is 0 Å². The molecule has 1 heterocycles. The molecule has 0 spiro atoms. The molecule has 1 aromatic carbocycles. The zero-order valence-corrected chi connectivity index (χ0v) is 11.0. The summed E-state index contributed by atoms with van der Waals surface area (Å²) in [5.74, 6) is -0.346. The maximum atomic E-state index is 11.5. The van der Waals surface area contributed by atoms with E-state index in [2.05, 4.69) is 0 Å². The number of ether oxygens (including phenoxy) is 2. The van der Waals surface area contributed by atoms with E-state index in [0.717, 1.165) is 5.56 Å². The standard InChI is InChI=1S/C12H12Cl2O3/c1-3-16-11(15)10-12(2,17-10)7-4-5-8(13)9(14)6-7/h4-6,10H,3H2,1-2H3. The van der Waals surface area contributed by atoms with Crippen LogP contribution in [0, 0.1) is 0 Å². The maximum absolute atomic E-state index is 11.5. The summed E-state index contributed by atoms with van der Waals surface area (Å²) in [6.07, 6.45) is -0.556. The van der Waals surface area contributed by atoms with Crippen molar-refractivity contribution in [3.63, 3.8) is 0 Å². The molecule has 0 aliphatic carbocycles. The van der Waals surface area contributed by atoms with Crippen LogP contribution in [-0.4, -0.2) is 18.7 Å². The molecule has 0 saturated carbocycles. The maximum Gasteiger partial charge on any atom is 0.338 e. The van der Waals surface area contributed by atoms with Gasteiger partial charge in [-0.3, -0.25) is 0 Å². The van der Waals surface area contributed by atoms with Gasteiger partial charge in [0.25, 0.3) is 0 Å². The van der Waals surface area contributed by atoms with Gasteiger partial charge in [0.05, 0.1) is 16.7 Å². The second-order valence-corrected chi connectivity index (χ2v) is 4.80. The molecular formula is C12H12Cl2O3. The van der Waals surface area contributed by atoms with E-state index >= 15 is 0 Å². The third-order valence-electron chi connectivity index (χ3n) is 2.80. The van der Waals surface area contributed by atoms with Crippen LogP contribution in [0.1, 0.15) is 19.4 Å². The fourth-order valence-corrected chi connectivity index (χ4v) is 2.02. The summed E-state index contributed by atoms with van der Waals surface area (Å²) < 4.78 is 10.3. The Hall–Kier alpha value is -0.770. The Kier molecular flexibility index (Phi) is 3.34. The van der Waals surface area contributed by atoms with Gasteiger partial charge in [0.1, 0.15) is 5.60 Å². The number of hydrogen-bond acceptors (Lipinski definition) is 3. The van der Waals surface area contributed by atoms with Crippen molar-refractivity contribution in [1.29, 1.82) is 0 Å². The number of benzene rings is 1. The lowest BCUT2D eigenvalue weighted by molar-refractivity contribution is -0.144. The van der Waals surface area contributed by atoms with Crippen LogP contribution < -0.4 is 0 Å². The average Bonchev–Trinajstić information content (AvgIpc) is 2.97. The molecule has 0 amide bonds. The lowest BCUT2D eigenvalue weighted by Crippen LogP contribution is -2.18. The fraction of sp³-hybridized carbons (Fsp3) is 0.417. The second-order valence-electron chi connectivity index (χ2n) is 3.99. The summed E-state index contributed by atoms with van der Waals surface area (Å²) >= 11 is 11.8. The summed E-state index contributed by atoms with van der Waals surface area (Å²) in [4.78, 5) is 11.5. The van der Waals surface area contributed by atoms with Crippen LogP contribution in [0.15, 0.2) is 18.2 Å². The van der Waals surface area contributed by atoms with Crippen LogP contribution in [0.2, 0.25) is 10.0 Å². The summed E-state index contributed by atoms with van der Waals surface area (Å²) in [5.41, 5.74) is 0.172. The minimum atomic E-state index is -0.652. The van der Waals surface area contributed by atoms with Crippen LogP contribution in [0.4, 0.5) is 0 Å². The molecule has 3 nitrogen and oxygen atoms in total. The smallest absolute Gasteiger partial charge is 0.338 e.